The van der Waals surface area contributed by atoms with E-state index in [1.165, 1.54) is 38.1 Å². The Labute approximate surface area is 300 Å². The van der Waals surface area contributed by atoms with E-state index < -0.39 is 0 Å². The summed E-state index contributed by atoms with van der Waals surface area (Å²) in [6.07, 6.45) is 0. The number of hydrogen-bond donors (Lipinski definition) is 0. The summed E-state index contributed by atoms with van der Waals surface area (Å²) in [6, 6.07) is 66.0. The molecule has 0 amide bonds. The summed E-state index contributed by atoms with van der Waals surface area (Å²) in [7, 11) is 0. The van der Waals surface area contributed by atoms with E-state index in [0.717, 1.165) is 50.5 Å². The van der Waals surface area contributed by atoms with Crippen LogP contribution in [0.4, 0.5) is 0 Å². The molecule has 4 nitrogen and oxygen atoms in total. The topological polar surface area (TPSA) is 46.5 Å². The van der Waals surface area contributed by atoms with E-state index in [4.69, 9.17) is 4.98 Å². The second kappa shape index (κ2) is 12.0. The minimum atomic E-state index is 0.625. The molecule has 52 heavy (non-hydrogen) atoms. The van der Waals surface area contributed by atoms with Gasteiger partial charge in [-0.25, -0.2) is 4.98 Å². The number of nitriles is 1. The molecule has 10 aromatic rings. The fourth-order valence-corrected chi connectivity index (χ4v) is 7.83. The molecular weight excluding hydrogens is 633 g/mol. The van der Waals surface area contributed by atoms with Crippen molar-refractivity contribution in [3.05, 3.63) is 188 Å². The minimum absolute atomic E-state index is 0.625. The molecule has 7 aromatic carbocycles. The van der Waals surface area contributed by atoms with Crippen LogP contribution >= 0.6 is 0 Å². The van der Waals surface area contributed by atoms with Gasteiger partial charge in [-0.3, -0.25) is 0 Å². The summed E-state index contributed by atoms with van der Waals surface area (Å²) in [5, 5.41) is 14.3. The maximum absolute atomic E-state index is 9.47. The maximum Gasteiger partial charge on any atom is 0.0991 e. The molecule has 0 radical (unpaired) electrons. The number of pyridine rings is 1. The highest BCUT2D eigenvalue weighted by atomic mass is 15.0. The molecule has 0 N–H and O–H groups in total. The van der Waals surface area contributed by atoms with Gasteiger partial charge in [0.15, 0.2) is 0 Å². The van der Waals surface area contributed by atoms with Crippen molar-refractivity contribution in [1.82, 2.24) is 14.1 Å². The van der Waals surface area contributed by atoms with E-state index in [1.54, 1.807) is 0 Å². The molecule has 10 rings (SSSR count). The third-order valence-electron chi connectivity index (χ3n) is 10.1. The molecule has 0 spiro atoms. The van der Waals surface area contributed by atoms with Gasteiger partial charge < -0.3 is 9.13 Å². The van der Waals surface area contributed by atoms with Crippen molar-refractivity contribution >= 4 is 43.6 Å². The number of para-hydroxylation sites is 4. The molecule has 3 aromatic heterocycles. The maximum atomic E-state index is 9.47. The van der Waals surface area contributed by atoms with E-state index >= 15 is 0 Å². The third kappa shape index (κ3) is 4.65. The summed E-state index contributed by atoms with van der Waals surface area (Å²) in [5.74, 6) is 0. The van der Waals surface area contributed by atoms with Crippen LogP contribution in [-0.4, -0.2) is 14.1 Å². The lowest BCUT2D eigenvalue weighted by molar-refractivity contribution is 1.17. The lowest BCUT2D eigenvalue weighted by Gasteiger charge is -2.16. The van der Waals surface area contributed by atoms with Crippen LogP contribution in [-0.2, 0) is 0 Å². The molecular formula is C48H30N4. The predicted molar refractivity (Wildman–Crippen MR) is 214 cm³/mol. The van der Waals surface area contributed by atoms with E-state index in [9.17, 15) is 5.26 Å². The number of benzene rings is 7. The highest BCUT2D eigenvalue weighted by molar-refractivity contribution is 6.26. The largest absolute Gasteiger partial charge is 0.309 e. The fraction of sp³-hybridized carbons (Fsp3) is 0. The first kappa shape index (κ1) is 29.7. The van der Waals surface area contributed by atoms with Crippen molar-refractivity contribution in [2.24, 2.45) is 0 Å². The van der Waals surface area contributed by atoms with Crippen LogP contribution in [0, 0.1) is 11.3 Å². The van der Waals surface area contributed by atoms with E-state index in [0.29, 0.717) is 5.56 Å². The predicted octanol–water partition coefficient (Wildman–Crippen LogP) is 12.1. The Morgan fingerprint density at radius 3 is 1.77 bits per heavy atom. The Morgan fingerprint density at radius 1 is 0.442 bits per heavy atom. The Morgan fingerprint density at radius 2 is 1.04 bits per heavy atom. The molecule has 0 unspecified atom stereocenters. The van der Waals surface area contributed by atoms with Gasteiger partial charge in [0.25, 0.3) is 0 Å². The van der Waals surface area contributed by atoms with E-state index in [-0.39, 0.29) is 0 Å². The third-order valence-corrected chi connectivity index (χ3v) is 10.1. The van der Waals surface area contributed by atoms with Gasteiger partial charge in [0.05, 0.1) is 50.8 Å². The normalized spacial score (nSPS) is 11.4. The van der Waals surface area contributed by atoms with Gasteiger partial charge in [-0.05, 0) is 66.2 Å². The van der Waals surface area contributed by atoms with Gasteiger partial charge in [-0.15, -0.1) is 0 Å². The van der Waals surface area contributed by atoms with Crippen LogP contribution in [0.15, 0.2) is 182 Å². The molecule has 3 heterocycles. The summed E-state index contributed by atoms with van der Waals surface area (Å²) < 4.78 is 4.85. The molecule has 0 aliphatic rings. The van der Waals surface area contributed by atoms with Crippen LogP contribution in [0.1, 0.15) is 5.56 Å². The Balaban J connectivity index is 1.30. The van der Waals surface area contributed by atoms with Crippen LogP contribution in [0.25, 0.3) is 88.6 Å². The zero-order valence-corrected chi connectivity index (χ0v) is 28.1. The van der Waals surface area contributed by atoms with Crippen LogP contribution in [0.5, 0.6) is 0 Å². The van der Waals surface area contributed by atoms with Crippen LogP contribution in [0.2, 0.25) is 0 Å². The smallest absolute Gasteiger partial charge is 0.0991 e. The second-order valence-corrected chi connectivity index (χ2v) is 13.1. The number of fused-ring (bicyclic) bond motifs is 7. The summed E-state index contributed by atoms with van der Waals surface area (Å²) in [6.45, 7) is 0. The van der Waals surface area contributed by atoms with Crippen molar-refractivity contribution in [3.8, 4) is 51.1 Å². The SMILES string of the molecule is N#Cc1ccc(-c2cc(-c3ccccc3-n3c4ccccc4c4ccc5c(c6ccccc6n5-c5ccccc5)c43)cc(-c3ccccc3)n2)cc1. The molecule has 0 aliphatic heterocycles. The number of rotatable bonds is 5. The Bertz CT molecular complexity index is 3000. The Hall–Kier alpha value is -7.22. The van der Waals surface area contributed by atoms with Gasteiger partial charge in [0, 0.05) is 43.9 Å². The lowest BCUT2D eigenvalue weighted by atomic mass is 9.98. The molecule has 0 atom stereocenters. The summed E-state index contributed by atoms with van der Waals surface area (Å²) in [5.41, 5.74) is 13.4. The van der Waals surface area contributed by atoms with Gasteiger partial charge >= 0.3 is 0 Å². The highest BCUT2D eigenvalue weighted by Crippen LogP contribution is 2.44. The lowest BCUT2D eigenvalue weighted by Crippen LogP contribution is -1.99. The molecule has 0 aliphatic carbocycles. The molecule has 4 heteroatoms. The standard InChI is InChI=1S/C48H30N4/c49-31-32-23-25-34(26-24-32)42-30-35(29-41(50-42)33-13-3-1-4-14-33)37-17-7-10-20-43(37)52-44-21-11-8-18-38(44)39-27-28-46-47(48(39)52)40-19-9-12-22-45(40)51(46)36-15-5-2-6-16-36/h1-30H. The van der Waals surface area contributed by atoms with Crippen molar-refractivity contribution in [2.75, 3.05) is 0 Å². The molecule has 0 bridgehead atoms. The van der Waals surface area contributed by atoms with Gasteiger partial charge in [0.2, 0.25) is 0 Å². The van der Waals surface area contributed by atoms with Crippen molar-refractivity contribution in [2.45, 2.75) is 0 Å². The van der Waals surface area contributed by atoms with Crippen LogP contribution < -0.4 is 0 Å². The van der Waals surface area contributed by atoms with Crippen molar-refractivity contribution in [3.63, 3.8) is 0 Å². The second-order valence-electron chi connectivity index (χ2n) is 13.1. The van der Waals surface area contributed by atoms with Crippen molar-refractivity contribution < 1.29 is 0 Å². The first-order valence-electron chi connectivity index (χ1n) is 17.5. The molecule has 0 saturated heterocycles. The molecule has 242 valence electrons. The summed E-state index contributed by atoms with van der Waals surface area (Å²) in [4.78, 5) is 5.16. The molecule has 0 fully saturated rings. The minimum Gasteiger partial charge on any atom is -0.309 e. The average molecular weight is 663 g/mol. The first-order valence-corrected chi connectivity index (χ1v) is 17.5. The zero-order valence-electron chi connectivity index (χ0n) is 28.1. The van der Waals surface area contributed by atoms with E-state index in [1.807, 2.05) is 42.5 Å². The van der Waals surface area contributed by atoms with Crippen LogP contribution in [0.3, 0.4) is 0 Å². The average Bonchev–Trinajstić information content (AvgIpc) is 3.74. The quantitative estimate of drug-likeness (QED) is 0.184. The highest BCUT2D eigenvalue weighted by Gasteiger charge is 2.22. The van der Waals surface area contributed by atoms with E-state index in [2.05, 4.69) is 155 Å². The number of hydrogen-bond acceptors (Lipinski definition) is 2. The van der Waals surface area contributed by atoms with Gasteiger partial charge in [0.1, 0.15) is 0 Å². The zero-order chi connectivity index (χ0) is 34.6. The fourth-order valence-electron chi connectivity index (χ4n) is 7.83. The number of nitrogens with zero attached hydrogens (tertiary/aromatic N) is 4. The van der Waals surface area contributed by atoms with Gasteiger partial charge in [-0.1, -0.05) is 121 Å². The first-order chi connectivity index (χ1) is 25.8. The Kier molecular flexibility index (Phi) is 6.84. The van der Waals surface area contributed by atoms with Gasteiger partial charge in [-0.2, -0.15) is 5.26 Å². The number of aromatic nitrogens is 3. The summed E-state index contributed by atoms with van der Waals surface area (Å²) >= 11 is 0. The van der Waals surface area contributed by atoms with Crippen molar-refractivity contribution in [1.29, 1.82) is 5.26 Å². The molecule has 0 saturated carbocycles. The monoisotopic (exact) mass is 662 g/mol.